The first-order chi connectivity index (χ1) is 13.5. The zero-order valence-electron chi connectivity index (χ0n) is 15.8. The van der Waals surface area contributed by atoms with Crippen molar-refractivity contribution in [3.05, 3.63) is 59.3 Å². The predicted molar refractivity (Wildman–Crippen MR) is 98.6 cm³/mol. The Bertz CT molecular complexity index is 901. The van der Waals surface area contributed by atoms with Gasteiger partial charge < -0.3 is 28.6 Å². The minimum Gasteiger partial charge on any atom is -0.503 e. The van der Waals surface area contributed by atoms with Crippen LogP contribution in [0.5, 0.6) is 11.5 Å². The third-order valence-corrected chi connectivity index (χ3v) is 4.56. The number of hydrogen-bond donors (Lipinski definition) is 1. The average molecular weight is 387 g/mol. The molecule has 1 N–H and O–H groups in total. The van der Waals surface area contributed by atoms with E-state index in [4.69, 9.17) is 18.6 Å². The van der Waals surface area contributed by atoms with Gasteiger partial charge in [0.1, 0.15) is 0 Å². The second kappa shape index (κ2) is 8.18. The lowest BCUT2D eigenvalue weighted by atomic mass is 9.94. The van der Waals surface area contributed by atoms with Crippen LogP contribution in [0.2, 0.25) is 0 Å². The molecule has 0 radical (unpaired) electrons. The first-order valence-corrected chi connectivity index (χ1v) is 8.57. The zero-order valence-corrected chi connectivity index (χ0v) is 15.8. The summed E-state index contributed by atoms with van der Waals surface area (Å²) in [6.45, 7) is 0.392. The Morgan fingerprint density at radius 2 is 1.96 bits per heavy atom. The number of rotatable bonds is 8. The van der Waals surface area contributed by atoms with E-state index in [1.54, 1.807) is 24.3 Å². The molecular weight excluding hydrogens is 366 g/mol. The summed E-state index contributed by atoms with van der Waals surface area (Å²) in [5, 5.41) is 10.5. The SMILES string of the molecule is COCCN1C(=O)C(O)=C(C(=O)c2ccco2)C1c1cccc(OC)c1OC. The number of carbonyl (C=O) groups excluding carboxylic acids is 2. The highest BCUT2D eigenvalue weighted by Gasteiger charge is 2.45. The number of carbonyl (C=O) groups is 2. The molecule has 0 saturated heterocycles. The van der Waals surface area contributed by atoms with E-state index in [0.29, 0.717) is 17.1 Å². The van der Waals surface area contributed by atoms with E-state index < -0.39 is 23.5 Å². The van der Waals surface area contributed by atoms with E-state index in [-0.39, 0.29) is 24.5 Å². The lowest BCUT2D eigenvalue weighted by molar-refractivity contribution is -0.130. The van der Waals surface area contributed by atoms with Crippen LogP contribution < -0.4 is 9.47 Å². The maximum absolute atomic E-state index is 13.0. The topological polar surface area (TPSA) is 98.4 Å². The van der Waals surface area contributed by atoms with Gasteiger partial charge in [-0.1, -0.05) is 12.1 Å². The highest BCUT2D eigenvalue weighted by molar-refractivity contribution is 6.15. The highest BCUT2D eigenvalue weighted by Crippen LogP contribution is 2.45. The summed E-state index contributed by atoms with van der Waals surface area (Å²) in [5.74, 6) is -1.03. The van der Waals surface area contributed by atoms with Crippen LogP contribution in [0.25, 0.3) is 0 Å². The number of hydrogen-bond acceptors (Lipinski definition) is 7. The molecule has 0 aliphatic carbocycles. The molecule has 1 aromatic heterocycles. The van der Waals surface area contributed by atoms with Crippen molar-refractivity contribution in [3.63, 3.8) is 0 Å². The molecule has 2 aromatic rings. The zero-order chi connectivity index (χ0) is 20.3. The van der Waals surface area contributed by atoms with Crippen molar-refractivity contribution >= 4 is 11.7 Å². The van der Waals surface area contributed by atoms with Gasteiger partial charge in [0.05, 0.1) is 38.7 Å². The Morgan fingerprint density at radius 1 is 1.18 bits per heavy atom. The van der Waals surface area contributed by atoms with Gasteiger partial charge in [-0.3, -0.25) is 9.59 Å². The minimum absolute atomic E-state index is 0.0230. The van der Waals surface area contributed by atoms with Crippen LogP contribution in [0.15, 0.2) is 52.3 Å². The van der Waals surface area contributed by atoms with E-state index in [0.717, 1.165) is 0 Å². The van der Waals surface area contributed by atoms with E-state index in [2.05, 4.69) is 0 Å². The van der Waals surface area contributed by atoms with Crippen LogP contribution >= 0.6 is 0 Å². The standard InChI is InChI=1S/C20H21NO7/c1-25-11-9-21-16(12-6-4-7-14(26-2)19(12)27-3)15(18(23)20(21)24)17(22)13-8-5-10-28-13/h4-8,10,16,23H,9,11H2,1-3H3. The average Bonchev–Trinajstić information content (AvgIpc) is 3.33. The van der Waals surface area contributed by atoms with Crippen LogP contribution in [0.3, 0.4) is 0 Å². The Hall–Kier alpha value is -3.26. The van der Waals surface area contributed by atoms with Crippen LogP contribution in [-0.2, 0) is 9.53 Å². The van der Waals surface area contributed by atoms with Crippen molar-refractivity contribution in [2.24, 2.45) is 0 Å². The van der Waals surface area contributed by atoms with Gasteiger partial charge in [-0.2, -0.15) is 0 Å². The fourth-order valence-electron chi connectivity index (χ4n) is 3.30. The summed E-state index contributed by atoms with van der Waals surface area (Å²) in [5.41, 5.74) is 0.424. The van der Waals surface area contributed by atoms with Crippen molar-refractivity contribution < 1.29 is 33.3 Å². The largest absolute Gasteiger partial charge is 0.503 e. The van der Waals surface area contributed by atoms with Crippen LogP contribution in [0.1, 0.15) is 22.2 Å². The highest BCUT2D eigenvalue weighted by atomic mass is 16.5. The first kappa shape index (κ1) is 19.5. The molecule has 1 aromatic carbocycles. The lowest BCUT2D eigenvalue weighted by Gasteiger charge is -2.28. The quantitative estimate of drug-likeness (QED) is 0.695. The normalized spacial score (nSPS) is 16.6. The number of furan rings is 1. The van der Waals surface area contributed by atoms with E-state index in [1.165, 1.54) is 38.6 Å². The number of amides is 1. The van der Waals surface area contributed by atoms with E-state index in [9.17, 15) is 14.7 Å². The number of para-hydroxylation sites is 1. The molecule has 1 aliphatic rings. The maximum atomic E-state index is 13.0. The smallest absolute Gasteiger partial charge is 0.290 e. The van der Waals surface area contributed by atoms with E-state index in [1.807, 2.05) is 0 Å². The summed E-state index contributed by atoms with van der Waals surface area (Å²) in [7, 11) is 4.46. The number of ether oxygens (including phenoxy) is 3. The molecular formula is C20H21NO7. The first-order valence-electron chi connectivity index (χ1n) is 8.57. The van der Waals surface area contributed by atoms with Gasteiger partial charge in [-0.05, 0) is 18.2 Å². The fourth-order valence-corrected chi connectivity index (χ4v) is 3.30. The number of aliphatic hydroxyl groups is 1. The number of ketones is 1. The van der Waals surface area contributed by atoms with Gasteiger partial charge in [0.15, 0.2) is 23.0 Å². The van der Waals surface area contributed by atoms with Crippen molar-refractivity contribution in [1.29, 1.82) is 0 Å². The molecule has 1 atom stereocenters. The summed E-state index contributed by atoms with van der Waals surface area (Å²) in [6, 6.07) is 7.30. The molecule has 1 unspecified atom stereocenters. The maximum Gasteiger partial charge on any atom is 0.290 e. The monoisotopic (exact) mass is 387 g/mol. The fraction of sp³-hybridized carbons (Fsp3) is 0.300. The molecule has 0 saturated carbocycles. The van der Waals surface area contributed by atoms with E-state index >= 15 is 0 Å². The molecule has 2 heterocycles. The lowest BCUT2D eigenvalue weighted by Crippen LogP contribution is -2.34. The second-order valence-corrected chi connectivity index (χ2v) is 6.05. The number of aliphatic hydroxyl groups excluding tert-OH is 1. The number of methoxy groups -OCH3 is 3. The summed E-state index contributed by atoms with van der Waals surface area (Å²) in [4.78, 5) is 27.1. The van der Waals surface area contributed by atoms with Gasteiger partial charge in [-0.15, -0.1) is 0 Å². The van der Waals surface area contributed by atoms with Crippen molar-refractivity contribution in [1.82, 2.24) is 4.90 Å². The van der Waals surface area contributed by atoms with Gasteiger partial charge in [0.25, 0.3) is 5.91 Å². The Morgan fingerprint density at radius 3 is 2.57 bits per heavy atom. The molecule has 28 heavy (non-hydrogen) atoms. The van der Waals surface area contributed by atoms with Crippen molar-refractivity contribution in [2.75, 3.05) is 34.5 Å². The molecule has 1 aliphatic heterocycles. The molecule has 1 amide bonds. The third kappa shape index (κ3) is 3.22. The van der Waals surface area contributed by atoms with Gasteiger partial charge in [0, 0.05) is 19.2 Å². The molecule has 8 heteroatoms. The number of benzene rings is 1. The molecule has 148 valence electrons. The van der Waals surface area contributed by atoms with Crippen LogP contribution in [-0.4, -0.2) is 56.2 Å². The van der Waals surface area contributed by atoms with Crippen LogP contribution in [0, 0.1) is 0 Å². The summed E-state index contributed by atoms with van der Waals surface area (Å²) < 4.78 is 21.1. The van der Waals surface area contributed by atoms with Crippen LogP contribution in [0.4, 0.5) is 0 Å². The molecule has 0 fully saturated rings. The molecule has 8 nitrogen and oxygen atoms in total. The van der Waals surface area contributed by atoms with Crippen molar-refractivity contribution in [3.8, 4) is 11.5 Å². The second-order valence-electron chi connectivity index (χ2n) is 6.05. The van der Waals surface area contributed by atoms with Gasteiger partial charge in [0.2, 0.25) is 5.78 Å². The summed E-state index contributed by atoms with van der Waals surface area (Å²) in [6.07, 6.45) is 1.35. The Kier molecular flexibility index (Phi) is 5.70. The molecule has 0 spiro atoms. The number of nitrogens with zero attached hydrogens (tertiary/aromatic N) is 1. The number of Topliss-reactive ketones (excluding diaryl/α,β-unsaturated/α-hetero) is 1. The molecule has 3 rings (SSSR count). The van der Waals surface area contributed by atoms with Crippen molar-refractivity contribution in [2.45, 2.75) is 6.04 Å². The summed E-state index contributed by atoms with van der Waals surface area (Å²) >= 11 is 0. The minimum atomic E-state index is -0.884. The third-order valence-electron chi connectivity index (χ3n) is 4.56. The Labute approximate surface area is 161 Å². The van der Waals surface area contributed by atoms with Gasteiger partial charge in [-0.25, -0.2) is 0 Å². The van der Waals surface area contributed by atoms with Gasteiger partial charge >= 0.3 is 0 Å². The molecule has 0 bridgehead atoms. The predicted octanol–water partition coefficient (Wildman–Crippen LogP) is 2.52. The Balaban J connectivity index is 2.17.